The molecule has 3 aromatic rings. The van der Waals surface area contributed by atoms with Gasteiger partial charge in [-0.05, 0) is 54.7 Å². The van der Waals surface area contributed by atoms with Crippen molar-refractivity contribution in [2.45, 2.75) is 59.0 Å². The fraction of sp³-hybridized carbons (Fsp3) is 0.333. The lowest BCUT2D eigenvalue weighted by Gasteiger charge is -2.32. The fourth-order valence-corrected chi connectivity index (χ4v) is 4.10. The monoisotopic (exact) mass is 474 g/mol. The van der Waals surface area contributed by atoms with Gasteiger partial charge in [0.1, 0.15) is 11.9 Å². The molecule has 3 rings (SSSR count). The third-order valence-corrected chi connectivity index (χ3v) is 6.21. The highest BCUT2D eigenvalue weighted by atomic mass is 19.1. The van der Waals surface area contributed by atoms with E-state index in [4.69, 9.17) is 0 Å². The third kappa shape index (κ3) is 7.78. The van der Waals surface area contributed by atoms with Crippen LogP contribution in [0.2, 0.25) is 0 Å². The molecule has 0 aliphatic heterocycles. The molecule has 0 aromatic heterocycles. The number of amides is 2. The highest BCUT2D eigenvalue weighted by Gasteiger charge is 2.30. The molecule has 5 heteroatoms. The number of nitrogens with zero attached hydrogens (tertiary/aromatic N) is 1. The smallest absolute Gasteiger partial charge is 0.243 e. The van der Waals surface area contributed by atoms with E-state index in [0.29, 0.717) is 13.0 Å². The van der Waals surface area contributed by atoms with Crippen molar-refractivity contribution < 1.29 is 14.0 Å². The minimum Gasteiger partial charge on any atom is -0.354 e. The van der Waals surface area contributed by atoms with Crippen molar-refractivity contribution in [3.8, 4) is 0 Å². The summed E-state index contributed by atoms with van der Waals surface area (Å²) in [5.74, 6) is -0.631. The molecular formula is C30H35FN2O2. The van der Waals surface area contributed by atoms with Crippen molar-refractivity contribution in [3.63, 3.8) is 0 Å². The van der Waals surface area contributed by atoms with E-state index in [1.807, 2.05) is 62.4 Å². The van der Waals surface area contributed by atoms with Crippen molar-refractivity contribution in [2.24, 2.45) is 0 Å². The summed E-state index contributed by atoms with van der Waals surface area (Å²) >= 11 is 0. The molecule has 1 atom stereocenters. The van der Waals surface area contributed by atoms with Gasteiger partial charge in [0.25, 0.3) is 0 Å². The number of hydrogen-bond acceptors (Lipinski definition) is 2. The molecule has 35 heavy (non-hydrogen) atoms. The van der Waals surface area contributed by atoms with Gasteiger partial charge in [-0.15, -0.1) is 0 Å². The van der Waals surface area contributed by atoms with E-state index in [2.05, 4.69) is 12.2 Å². The van der Waals surface area contributed by atoms with Gasteiger partial charge < -0.3 is 10.2 Å². The zero-order valence-electron chi connectivity index (χ0n) is 20.9. The number of nitrogens with one attached hydrogen (secondary N) is 1. The fourth-order valence-electron chi connectivity index (χ4n) is 4.10. The summed E-state index contributed by atoms with van der Waals surface area (Å²) in [4.78, 5) is 28.9. The summed E-state index contributed by atoms with van der Waals surface area (Å²) in [6.07, 6.45) is 2.44. The first-order valence-corrected chi connectivity index (χ1v) is 12.3. The number of unbranched alkanes of at least 4 members (excludes halogenated alkanes) is 1. The lowest BCUT2D eigenvalue weighted by molar-refractivity contribution is -0.140. The maximum Gasteiger partial charge on any atom is 0.243 e. The average Bonchev–Trinajstić information content (AvgIpc) is 2.85. The van der Waals surface area contributed by atoms with Crippen molar-refractivity contribution in [1.82, 2.24) is 10.2 Å². The number of benzene rings is 3. The molecule has 0 aliphatic carbocycles. The van der Waals surface area contributed by atoms with Gasteiger partial charge in [0.05, 0.1) is 6.42 Å². The molecule has 0 saturated carbocycles. The molecule has 3 aromatic carbocycles. The van der Waals surface area contributed by atoms with Gasteiger partial charge in [-0.2, -0.15) is 0 Å². The second-order valence-electron chi connectivity index (χ2n) is 9.10. The summed E-state index contributed by atoms with van der Waals surface area (Å²) in [6, 6.07) is 21.2. The maximum absolute atomic E-state index is 13.8. The molecule has 0 heterocycles. The van der Waals surface area contributed by atoms with Crippen molar-refractivity contribution in [3.05, 3.63) is 106 Å². The Kier molecular flexibility index (Phi) is 9.59. The Labute approximate surface area is 208 Å². The lowest BCUT2D eigenvalue weighted by atomic mass is 9.99. The van der Waals surface area contributed by atoms with E-state index in [0.717, 1.165) is 40.7 Å². The predicted octanol–water partition coefficient (Wildman–Crippen LogP) is 5.54. The number of halogens is 1. The van der Waals surface area contributed by atoms with E-state index >= 15 is 0 Å². The zero-order valence-corrected chi connectivity index (χ0v) is 20.9. The minimum absolute atomic E-state index is 0.130. The van der Waals surface area contributed by atoms with E-state index in [1.54, 1.807) is 17.0 Å². The Morgan fingerprint density at radius 1 is 0.943 bits per heavy atom. The Morgan fingerprint density at radius 2 is 1.66 bits per heavy atom. The maximum atomic E-state index is 13.8. The van der Waals surface area contributed by atoms with Gasteiger partial charge in [0, 0.05) is 19.5 Å². The molecule has 2 amide bonds. The molecule has 0 saturated heterocycles. The van der Waals surface area contributed by atoms with Crippen molar-refractivity contribution in [1.29, 1.82) is 0 Å². The highest BCUT2D eigenvalue weighted by molar-refractivity contribution is 5.89. The topological polar surface area (TPSA) is 49.4 Å². The second-order valence-corrected chi connectivity index (χ2v) is 9.10. The molecule has 0 bridgehead atoms. The Morgan fingerprint density at radius 3 is 2.34 bits per heavy atom. The van der Waals surface area contributed by atoms with Gasteiger partial charge in [-0.3, -0.25) is 9.59 Å². The van der Waals surface area contributed by atoms with Gasteiger partial charge in [0.2, 0.25) is 11.8 Å². The molecule has 1 N–H and O–H groups in total. The zero-order chi connectivity index (χ0) is 25.2. The Balaban J connectivity index is 1.96. The first kappa shape index (κ1) is 26.1. The second kappa shape index (κ2) is 12.8. The van der Waals surface area contributed by atoms with E-state index in [9.17, 15) is 14.0 Å². The number of carbonyl (C=O) groups is 2. The SMILES string of the molecule is CCCCNC(=O)[C@@H](Cc1ccccc1)N(Cc1ccc(F)cc1)C(=O)Cc1cc(C)ccc1C. The van der Waals surface area contributed by atoms with Crippen LogP contribution in [0, 0.1) is 19.7 Å². The lowest BCUT2D eigenvalue weighted by Crippen LogP contribution is -2.51. The summed E-state index contributed by atoms with van der Waals surface area (Å²) in [5.41, 5.74) is 4.83. The Hall–Kier alpha value is -3.47. The highest BCUT2D eigenvalue weighted by Crippen LogP contribution is 2.19. The molecule has 0 radical (unpaired) electrons. The van der Waals surface area contributed by atoms with Gasteiger partial charge in [-0.1, -0.05) is 79.6 Å². The first-order valence-electron chi connectivity index (χ1n) is 12.3. The molecule has 184 valence electrons. The predicted molar refractivity (Wildman–Crippen MR) is 138 cm³/mol. The molecule has 0 fully saturated rings. The van der Waals surface area contributed by atoms with Crippen LogP contribution in [-0.2, 0) is 29.0 Å². The van der Waals surface area contributed by atoms with Crippen LogP contribution in [-0.4, -0.2) is 29.3 Å². The van der Waals surface area contributed by atoms with Gasteiger partial charge in [0.15, 0.2) is 0 Å². The molecule has 4 nitrogen and oxygen atoms in total. The summed E-state index contributed by atoms with van der Waals surface area (Å²) in [5, 5.41) is 3.03. The van der Waals surface area contributed by atoms with Gasteiger partial charge >= 0.3 is 0 Å². The summed E-state index contributed by atoms with van der Waals surface area (Å²) in [6.45, 7) is 6.86. The van der Waals surface area contributed by atoms with Crippen LogP contribution >= 0.6 is 0 Å². The average molecular weight is 475 g/mol. The quantitative estimate of drug-likeness (QED) is 0.371. The molecule has 0 unspecified atom stereocenters. The third-order valence-electron chi connectivity index (χ3n) is 6.21. The normalized spacial score (nSPS) is 11.7. The van der Waals surface area contributed by atoms with Crippen molar-refractivity contribution in [2.75, 3.05) is 6.54 Å². The van der Waals surface area contributed by atoms with Crippen LogP contribution in [0.1, 0.15) is 47.6 Å². The van der Waals surface area contributed by atoms with E-state index < -0.39 is 6.04 Å². The van der Waals surface area contributed by atoms with E-state index in [1.165, 1.54) is 12.1 Å². The van der Waals surface area contributed by atoms with Crippen LogP contribution in [0.25, 0.3) is 0 Å². The largest absolute Gasteiger partial charge is 0.354 e. The van der Waals surface area contributed by atoms with Crippen LogP contribution in [0.4, 0.5) is 4.39 Å². The van der Waals surface area contributed by atoms with Crippen molar-refractivity contribution >= 4 is 11.8 Å². The molecular weight excluding hydrogens is 439 g/mol. The minimum atomic E-state index is -0.683. The number of carbonyl (C=O) groups excluding carboxylic acids is 2. The standard InChI is InChI=1S/C30H35FN2O2/c1-4-5-17-32-30(35)28(19-24-9-7-6-8-10-24)33(21-25-13-15-27(31)16-14-25)29(34)20-26-18-22(2)11-12-23(26)3/h6-16,18,28H,4-5,17,19-21H2,1-3H3,(H,32,35)/t28-/m1/s1. The number of hydrogen-bond donors (Lipinski definition) is 1. The number of rotatable bonds is 11. The molecule has 0 aliphatic rings. The summed E-state index contributed by atoms with van der Waals surface area (Å²) < 4.78 is 13.6. The van der Waals surface area contributed by atoms with E-state index in [-0.39, 0.29) is 30.6 Å². The van der Waals surface area contributed by atoms with Crippen LogP contribution in [0.15, 0.2) is 72.8 Å². The van der Waals surface area contributed by atoms with Crippen LogP contribution in [0.5, 0.6) is 0 Å². The van der Waals surface area contributed by atoms with Crippen LogP contribution < -0.4 is 5.32 Å². The molecule has 0 spiro atoms. The first-order chi connectivity index (χ1) is 16.9. The van der Waals surface area contributed by atoms with Crippen LogP contribution in [0.3, 0.4) is 0 Å². The summed E-state index contributed by atoms with van der Waals surface area (Å²) in [7, 11) is 0. The number of aryl methyl sites for hydroxylation is 2. The van der Waals surface area contributed by atoms with Gasteiger partial charge in [-0.25, -0.2) is 4.39 Å². The Bertz CT molecular complexity index is 1110.